The maximum Gasteiger partial charge on any atom is 0.418 e. The minimum absolute atomic E-state index is 0.0367. The van der Waals surface area contributed by atoms with Crippen molar-refractivity contribution in [3.05, 3.63) is 40.1 Å². The predicted molar refractivity (Wildman–Crippen MR) is 143 cm³/mol. The summed E-state index contributed by atoms with van der Waals surface area (Å²) in [7, 11) is 0. The first-order chi connectivity index (χ1) is 18.7. The molecular weight excluding hydrogens is 507 g/mol. The summed E-state index contributed by atoms with van der Waals surface area (Å²) in [6.45, 7) is 7.46. The maximum atomic E-state index is 14.3. The van der Waals surface area contributed by atoms with Crippen molar-refractivity contribution in [3.63, 3.8) is 0 Å². The van der Waals surface area contributed by atoms with E-state index in [9.17, 15) is 18.0 Å². The summed E-state index contributed by atoms with van der Waals surface area (Å²) < 4.78 is 51.2. The minimum Gasteiger partial charge on any atom is -0.376 e. The van der Waals surface area contributed by atoms with Crippen LogP contribution in [0.25, 0.3) is 5.52 Å². The van der Waals surface area contributed by atoms with Crippen molar-refractivity contribution >= 4 is 5.52 Å². The average molecular weight is 550 g/mol. The second-order valence-corrected chi connectivity index (χ2v) is 12.6. The zero-order valence-electron chi connectivity index (χ0n) is 23.1. The normalized spacial score (nSPS) is 32.0. The number of hydrogen-bond donors (Lipinski definition) is 2. The number of hydrazine groups is 1. The number of nitrogens with one attached hydrogen (secondary N) is 2. The largest absolute Gasteiger partial charge is 0.418 e. The van der Waals surface area contributed by atoms with Crippen molar-refractivity contribution < 1.29 is 17.9 Å². The van der Waals surface area contributed by atoms with Gasteiger partial charge in [-0.25, -0.2) is 4.79 Å². The van der Waals surface area contributed by atoms with E-state index in [-0.39, 0.29) is 23.4 Å². The molecule has 0 aromatic carbocycles. The van der Waals surface area contributed by atoms with Crippen LogP contribution < -0.4 is 16.5 Å². The molecule has 0 spiro atoms. The summed E-state index contributed by atoms with van der Waals surface area (Å²) in [6.07, 6.45) is 6.19. The van der Waals surface area contributed by atoms with Gasteiger partial charge in [-0.05, 0) is 61.5 Å². The lowest BCUT2D eigenvalue weighted by molar-refractivity contribution is -0.136. The fourth-order valence-corrected chi connectivity index (χ4v) is 7.81. The zero-order valence-corrected chi connectivity index (χ0v) is 23.1. The Labute approximate surface area is 228 Å². The van der Waals surface area contributed by atoms with E-state index < -0.39 is 11.7 Å². The number of ether oxygens (including phenoxy) is 1. The molecule has 2 saturated heterocycles. The third kappa shape index (κ3) is 5.42. The van der Waals surface area contributed by atoms with Crippen LogP contribution in [0.5, 0.6) is 0 Å². The molecule has 0 bridgehead atoms. The molecule has 2 N–H and O–H groups in total. The number of nitrogens with zero attached hydrogens (tertiary/aromatic N) is 3. The molecule has 0 radical (unpaired) electrons. The van der Waals surface area contributed by atoms with E-state index in [1.807, 2.05) is 6.92 Å². The molecule has 4 fully saturated rings. The van der Waals surface area contributed by atoms with E-state index in [1.54, 1.807) is 10.8 Å². The van der Waals surface area contributed by atoms with E-state index >= 15 is 0 Å². The lowest BCUT2D eigenvalue weighted by atomic mass is 9.62. The van der Waals surface area contributed by atoms with Crippen LogP contribution in [0, 0.1) is 23.7 Å². The average Bonchev–Trinajstić information content (AvgIpc) is 3.43. The molecule has 10 heteroatoms. The van der Waals surface area contributed by atoms with Crippen molar-refractivity contribution in [1.29, 1.82) is 0 Å². The number of alkyl halides is 3. The Hall–Kier alpha value is -1.88. The number of morpholine rings is 1. The Morgan fingerprint density at radius 3 is 2.54 bits per heavy atom. The first kappa shape index (κ1) is 27.3. The quantitative estimate of drug-likeness (QED) is 0.552. The third-order valence-electron chi connectivity index (χ3n) is 9.92. The first-order valence-electron chi connectivity index (χ1n) is 14.8. The first-order valence-corrected chi connectivity index (χ1v) is 14.8. The molecule has 2 aliphatic heterocycles. The topological polar surface area (TPSA) is 62.9 Å². The molecule has 216 valence electrons. The van der Waals surface area contributed by atoms with E-state index in [0.717, 1.165) is 32.2 Å². The highest BCUT2D eigenvalue weighted by atomic mass is 19.4. The molecule has 7 nitrogen and oxygen atoms in total. The Morgan fingerprint density at radius 1 is 1.10 bits per heavy atom. The van der Waals surface area contributed by atoms with Gasteiger partial charge >= 0.3 is 11.9 Å². The number of imidazole rings is 1. The van der Waals surface area contributed by atoms with Gasteiger partial charge in [-0.1, -0.05) is 32.6 Å². The van der Waals surface area contributed by atoms with Crippen LogP contribution in [0.3, 0.4) is 0 Å². The molecule has 4 unspecified atom stereocenters. The number of rotatable bonds is 6. The zero-order chi connectivity index (χ0) is 27.3. The van der Waals surface area contributed by atoms with E-state index in [0.29, 0.717) is 61.5 Å². The molecule has 4 heterocycles. The van der Waals surface area contributed by atoms with Gasteiger partial charge in [0.05, 0.1) is 23.8 Å². The van der Waals surface area contributed by atoms with E-state index in [1.165, 1.54) is 35.9 Å². The highest BCUT2D eigenvalue weighted by Gasteiger charge is 2.44. The lowest BCUT2D eigenvalue weighted by Crippen LogP contribution is -2.47. The van der Waals surface area contributed by atoms with Crippen LogP contribution in [0.4, 0.5) is 13.2 Å². The highest BCUT2D eigenvalue weighted by molar-refractivity contribution is 5.56. The number of aromatic nitrogens is 2. The van der Waals surface area contributed by atoms with Crippen molar-refractivity contribution in [1.82, 2.24) is 24.7 Å². The molecule has 6 atom stereocenters. The molecule has 0 amide bonds. The van der Waals surface area contributed by atoms with Crippen molar-refractivity contribution in [2.24, 2.45) is 23.7 Å². The molecule has 2 aromatic heterocycles. The number of fused-ring (bicyclic) bond motifs is 1. The number of halogens is 3. The summed E-state index contributed by atoms with van der Waals surface area (Å²) in [5.74, 6) is 2.23. The molecule has 2 saturated carbocycles. The molecule has 39 heavy (non-hydrogen) atoms. The second kappa shape index (κ2) is 10.8. The fraction of sp³-hybridized carbons (Fsp3) is 0.759. The minimum atomic E-state index is -4.54. The van der Waals surface area contributed by atoms with Crippen LogP contribution in [0.1, 0.15) is 76.0 Å². The van der Waals surface area contributed by atoms with Crippen molar-refractivity contribution in [2.45, 2.75) is 89.7 Å². The Morgan fingerprint density at radius 2 is 1.87 bits per heavy atom. The lowest BCUT2D eigenvalue weighted by Gasteiger charge is -2.45. The standard InChI is InChI=1S/C29H42F3N5O2/c1-18-13-33-34-27(18)26(21-5-3-6-21)22-7-4-8-23(12-22)36-17-25-24(29(30,31)32)11-20(16-37(25)28(36)38)15-35-9-10-39-19(2)14-35/h11,16-19,21-23,26-27,33-34H,3-10,12-15H2,1-2H3/t18?,19-,22?,23?,26+,27?/m1/s1. The Bertz CT molecular complexity index is 1220. The number of pyridine rings is 1. The van der Waals surface area contributed by atoms with Crippen LogP contribution in [0.2, 0.25) is 0 Å². The van der Waals surface area contributed by atoms with E-state index in [4.69, 9.17) is 4.74 Å². The predicted octanol–water partition coefficient (Wildman–Crippen LogP) is 4.60. The second-order valence-electron chi connectivity index (χ2n) is 12.6. The van der Waals surface area contributed by atoms with Gasteiger partial charge in [0.15, 0.2) is 0 Å². The van der Waals surface area contributed by atoms with Crippen LogP contribution in [0.15, 0.2) is 23.3 Å². The summed E-state index contributed by atoms with van der Waals surface area (Å²) >= 11 is 0. The molecule has 6 rings (SSSR count). The van der Waals surface area contributed by atoms with Gasteiger partial charge in [-0.2, -0.15) is 13.2 Å². The Kier molecular flexibility index (Phi) is 7.58. The fourth-order valence-electron chi connectivity index (χ4n) is 7.81. The van der Waals surface area contributed by atoms with Gasteiger partial charge in [0.2, 0.25) is 0 Å². The van der Waals surface area contributed by atoms with Gasteiger partial charge in [-0.15, -0.1) is 0 Å². The van der Waals surface area contributed by atoms with Crippen molar-refractivity contribution in [3.8, 4) is 0 Å². The molecule has 4 aliphatic rings. The summed E-state index contributed by atoms with van der Waals surface area (Å²) in [6, 6.07) is 1.56. The summed E-state index contributed by atoms with van der Waals surface area (Å²) in [5.41, 5.74) is 6.27. The van der Waals surface area contributed by atoms with Gasteiger partial charge in [-0.3, -0.25) is 24.7 Å². The van der Waals surface area contributed by atoms with Crippen LogP contribution in [-0.2, 0) is 17.5 Å². The van der Waals surface area contributed by atoms with Gasteiger partial charge in [0.1, 0.15) is 0 Å². The van der Waals surface area contributed by atoms with Crippen LogP contribution in [-0.4, -0.2) is 52.3 Å². The summed E-state index contributed by atoms with van der Waals surface area (Å²) in [5, 5.41) is 0. The van der Waals surface area contributed by atoms with Crippen LogP contribution >= 0.6 is 0 Å². The maximum absolute atomic E-state index is 14.3. The van der Waals surface area contributed by atoms with Crippen molar-refractivity contribution in [2.75, 3.05) is 26.2 Å². The smallest absolute Gasteiger partial charge is 0.376 e. The van der Waals surface area contributed by atoms with Gasteiger partial charge in [0, 0.05) is 50.7 Å². The SMILES string of the molecule is CC1CNNC1[C@@H](C1CCC1)C1CCCC(n2cc3c(C(F)(F)F)cc(CN4CCO[C@H](C)C4)cn3c2=O)C1. The number of hydrogen-bond acceptors (Lipinski definition) is 5. The highest BCUT2D eigenvalue weighted by Crippen LogP contribution is 2.47. The molecular formula is C29H42F3N5O2. The third-order valence-corrected chi connectivity index (χ3v) is 9.92. The van der Waals surface area contributed by atoms with E-state index in [2.05, 4.69) is 22.7 Å². The summed E-state index contributed by atoms with van der Waals surface area (Å²) in [4.78, 5) is 15.8. The van der Waals surface area contributed by atoms with Gasteiger partial charge in [0.25, 0.3) is 0 Å². The monoisotopic (exact) mass is 549 g/mol. The molecule has 2 aromatic rings. The Balaban J connectivity index is 1.31. The molecule has 2 aliphatic carbocycles. The van der Waals surface area contributed by atoms with Gasteiger partial charge < -0.3 is 4.74 Å².